The van der Waals surface area contributed by atoms with Crippen molar-refractivity contribution in [2.75, 3.05) is 4.90 Å². The van der Waals surface area contributed by atoms with Crippen LogP contribution in [0.25, 0.3) is 21.0 Å². The molecule has 0 radical (unpaired) electrons. The maximum atomic E-state index is 13.6. The topological polar surface area (TPSA) is 46.1 Å². The van der Waals surface area contributed by atoms with Gasteiger partial charge in [0.1, 0.15) is 0 Å². The quantitative estimate of drug-likeness (QED) is 0.299. The lowest BCUT2D eigenvalue weighted by Crippen LogP contribution is -2.31. The fraction of sp³-hybridized carbons (Fsp3) is 0.115. The number of anilines is 1. The highest BCUT2D eigenvalue weighted by Gasteiger charge is 2.22. The van der Waals surface area contributed by atoms with Gasteiger partial charge in [0.05, 0.1) is 23.2 Å². The van der Waals surface area contributed by atoms with Gasteiger partial charge in [-0.05, 0) is 58.7 Å². The van der Waals surface area contributed by atoms with Crippen LogP contribution in [0, 0.1) is 6.92 Å². The van der Waals surface area contributed by atoms with Gasteiger partial charge in [-0.2, -0.15) is 0 Å². The van der Waals surface area contributed by atoms with Gasteiger partial charge in [-0.15, -0.1) is 0 Å². The Labute approximate surface area is 195 Å². The number of carbonyl (C=O) groups is 1. The first-order valence-corrected chi connectivity index (χ1v) is 11.5. The van der Waals surface area contributed by atoms with E-state index in [1.54, 1.807) is 17.3 Å². The van der Waals surface area contributed by atoms with Crippen LogP contribution in [0.4, 0.5) is 5.13 Å². The Hall–Kier alpha value is -3.28. The van der Waals surface area contributed by atoms with Crippen molar-refractivity contribution in [3.63, 3.8) is 0 Å². The Bertz CT molecular complexity index is 1430. The van der Waals surface area contributed by atoms with Gasteiger partial charge in [-0.3, -0.25) is 14.7 Å². The summed E-state index contributed by atoms with van der Waals surface area (Å²) >= 11 is 7.75. The zero-order chi connectivity index (χ0) is 22.1. The normalized spacial score (nSPS) is 11.2. The second-order valence-corrected chi connectivity index (χ2v) is 9.16. The number of benzene rings is 3. The van der Waals surface area contributed by atoms with Crippen LogP contribution in [-0.2, 0) is 17.8 Å². The van der Waals surface area contributed by atoms with Crippen molar-refractivity contribution in [1.82, 2.24) is 9.97 Å². The predicted octanol–water partition coefficient (Wildman–Crippen LogP) is 6.58. The third kappa shape index (κ3) is 4.09. The fourth-order valence-corrected chi connectivity index (χ4v) is 5.33. The number of nitrogens with zero attached hydrogens (tertiary/aromatic N) is 3. The second kappa shape index (κ2) is 8.69. The molecule has 0 N–H and O–H groups in total. The molecule has 158 valence electrons. The van der Waals surface area contributed by atoms with Crippen molar-refractivity contribution in [3.05, 3.63) is 101 Å². The van der Waals surface area contributed by atoms with Crippen LogP contribution in [0.5, 0.6) is 0 Å². The summed E-state index contributed by atoms with van der Waals surface area (Å²) < 4.78 is 0.975. The molecule has 0 aliphatic rings. The van der Waals surface area contributed by atoms with Crippen LogP contribution in [-0.4, -0.2) is 15.9 Å². The summed E-state index contributed by atoms with van der Waals surface area (Å²) in [4.78, 5) is 24.3. The van der Waals surface area contributed by atoms with Crippen LogP contribution >= 0.6 is 22.9 Å². The summed E-state index contributed by atoms with van der Waals surface area (Å²) in [6.45, 7) is 2.42. The minimum Gasteiger partial charge on any atom is -0.283 e. The number of halogens is 1. The largest absolute Gasteiger partial charge is 0.283 e. The molecule has 5 aromatic rings. The van der Waals surface area contributed by atoms with Gasteiger partial charge in [-0.1, -0.05) is 65.4 Å². The molecule has 0 saturated heterocycles. The summed E-state index contributed by atoms with van der Waals surface area (Å²) in [6.07, 6.45) is 3.78. The number of rotatable bonds is 5. The summed E-state index contributed by atoms with van der Waals surface area (Å²) in [5, 5.41) is 3.57. The molecule has 2 heterocycles. The molecule has 32 heavy (non-hydrogen) atoms. The molecular formula is C26H20ClN3OS. The SMILES string of the molecule is Cc1cc(Cl)cc2sc(N(Cc3ccncc3)C(=O)Cc3cccc4ccccc34)nc12. The molecular weight excluding hydrogens is 438 g/mol. The van der Waals surface area contributed by atoms with Crippen LogP contribution in [0.1, 0.15) is 16.7 Å². The molecule has 0 spiro atoms. The number of hydrogen-bond donors (Lipinski definition) is 0. The lowest BCUT2D eigenvalue weighted by molar-refractivity contribution is -0.118. The number of amides is 1. The minimum atomic E-state index is 0.000899. The number of carbonyl (C=O) groups excluding carboxylic acids is 1. The maximum Gasteiger partial charge on any atom is 0.233 e. The predicted molar refractivity (Wildman–Crippen MR) is 132 cm³/mol. The highest BCUT2D eigenvalue weighted by atomic mass is 35.5. The van der Waals surface area contributed by atoms with E-state index in [0.29, 0.717) is 23.1 Å². The Morgan fingerprint density at radius 3 is 2.66 bits per heavy atom. The maximum absolute atomic E-state index is 13.6. The lowest BCUT2D eigenvalue weighted by Gasteiger charge is -2.20. The molecule has 0 aliphatic carbocycles. The van der Waals surface area contributed by atoms with Gasteiger partial charge in [-0.25, -0.2) is 4.98 Å². The molecule has 0 fully saturated rings. The van der Waals surface area contributed by atoms with E-state index in [1.807, 2.05) is 55.5 Å². The van der Waals surface area contributed by atoms with Crippen molar-refractivity contribution in [2.24, 2.45) is 0 Å². The van der Waals surface area contributed by atoms with Crippen LogP contribution < -0.4 is 4.90 Å². The number of hydrogen-bond acceptors (Lipinski definition) is 4. The number of pyridine rings is 1. The first-order valence-electron chi connectivity index (χ1n) is 10.3. The Morgan fingerprint density at radius 2 is 1.81 bits per heavy atom. The van der Waals surface area contributed by atoms with E-state index in [-0.39, 0.29) is 5.91 Å². The minimum absolute atomic E-state index is 0.000899. The van der Waals surface area contributed by atoms with Crippen molar-refractivity contribution in [3.8, 4) is 0 Å². The molecule has 0 unspecified atom stereocenters. The lowest BCUT2D eigenvalue weighted by atomic mass is 10.0. The van der Waals surface area contributed by atoms with Crippen LogP contribution in [0.15, 0.2) is 79.1 Å². The molecule has 0 aliphatic heterocycles. The van der Waals surface area contributed by atoms with Gasteiger partial charge in [0.15, 0.2) is 5.13 Å². The van der Waals surface area contributed by atoms with E-state index in [0.717, 1.165) is 37.7 Å². The van der Waals surface area contributed by atoms with Crippen molar-refractivity contribution < 1.29 is 4.79 Å². The Morgan fingerprint density at radius 1 is 1.03 bits per heavy atom. The molecule has 0 atom stereocenters. The number of aryl methyl sites for hydroxylation is 1. The molecule has 4 nitrogen and oxygen atoms in total. The number of thiazole rings is 1. The summed E-state index contributed by atoms with van der Waals surface area (Å²) in [6, 6.07) is 21.9. The molecule has 0 saturated carbocycles. The third-order valence-corrected chi connectivity index (χ3v) is 6.73. The number of aromatic nitrogens is 2. The van der Waals surface area contributed by atoms with Crippen molar-refractivity contribution >= 4 is 55.0 Å². The number of fused-ring (bicyclic) bond motifs is 2. The smallest absolute Gasteiger partial charge is 0.233 e. The average Bonchev–Trinajstić information content (AvgIpc) is 3.22. The van der Waals surface area contributed by atoms with E-state index in [1.165, 1.54) is 11.3 Å². The second-order valence-electron chi connectivity index (χ2n) is 7.72. The highest BCUT2D eigenvalue weighted by Crippen LogP contribution is 2.34. The van der Waals surface area contributed by atoms with Crippen LogP contribution in [0.3, 0.4) is 0 Å². The van der Waals surface area contributed by atoms with Gasteiger partial charge in [0.2, 0.25) is 5.91 Å². The zero-order valence-electron chi connectivity index (χ0n) is 17.5. The Balaban J connectivity index is 1.55. The molecule has 6 heteroatoms. The highest BCUT2D eigenvalue weighted by molar-refractivity contribution is 7.22. The summed E-state index contributed by atoms with van der Waals surface area (Å²) in [5.74, 6) is 0.000899. The summed E-state index contributed by atoms with van der Waals surface area (Å²) in [7, 11) is 0. The first-order chi connectivity index (χ1) is 15.6. The van der Waals surface area contributed by atoms with Gasteiger partial charge in [0.25, 0.3) is 0 Å². The fourth-order valence-electron chi connectivity index (χ4n) is 3.90. The van der Waals surface area contributed by atoms with E-state index in [4.69, 9.17) is 16.6 Å². The molecule has 3 aromatic carbocycles. The molecule has 2 aromatic heterocycles. The van der Waals surface area contributed by atoms with Gasteiger partial charge in [0, 0.05) is 17.4 Å². The molecule has 1 amide bonds. The van der Waals surface area contributed by atoms with Gasteiger partial charge < -0.3 is 0 Å². The first kappa shape index (κ1) is 20.6. The van der Waals surface area contributed by atoms with E-state index in [9.17, 15) is 4.79 Å². The molecule has 5 rings (SSSR count). The Kier molecular flexibility index (Phi) is 5.60. The van der Waals surface area contributed by atoms with E-state index >= 15 is 0 Å². The standard InChI is InChI=1S/C26H20ClN3OS/c1-17-13-21(27)15-23-25(17)29-26(32-23)30(16-18-9-11-28-12-10-18)24(31)14-20-7-4-6-19-5-2-3-8-22(19)20/h2-13,15H,14,16H2,1H3. The summed E-state index contributed by atoms with van der Waals surface area (Å²) in [5.41, 5.74) is 3.89. The third-order valence-electron chi connectivity index (χ3n) is 5.48. The van der Waals surface area contributed by atoms with Crippen LogP contribution in [0.2, 0.25) is 5.02 Å². The monoisotopic (exact) mass is 457 g/mol. The van der Waals surface area contributed by atoms with Crippen molar-refractivity contribution in [1.29, 1.82) is 0 Å². The zero-order valence-corrected chi connectivity index (χ0v) is 19.0. The van der Waals surface area contributed by atoms with Crippen molar-refractivity contribution in [2.45, 2.75) is 19.9 Å². The average molecular weight is 458 g/mol. The molecule has 0 bridgehead atoms. The van der Waals surface area contributed by atoms with E-state index in [2.05, 4.69) is 23.2 Å². The van der Waals surface area contributed by atoms with E-state index < -0.39 is 0 Å². The van der Waals surface area contributed by atoms with Gasteiger partial charge >= 0.3 is 0 Å².